The number of nitrogens with two attached hydrogens (primary N) is 2. The van der Waals surface area contributed by atoms with Crippen LogP contribution in [0.5, 0.6) is 0 Å². The number of rotatable bonds is 2. The van der Waals surface area contributed by atoms with Gasteiger partial charge in [0.25, 0.3) is 0 Å². The fourth-order valence-corrected chi connectivity index (χ4v) is 2.38. The molecule has 2 nitrogen and oxygen atoms in total. The summed E-state index contributed by atoms with van der Waals surface area (Å²) in [5.74, 6) is 0.639. The van der Waals surface area contributed by atoms with Gasteiger partial charge < -0.3 is 11.5 Å². The molecule has 0 amide bonds. The van der Waals surface area contributed by atoms with Crippen LogP contribution in [0.3, 0.4) is 0 Å². The van der Waals surface area contributed by atoms with Gasteiger partial charge >= 0.3 is 0 Å². The summed E-state index contributed by atoms with van der Waals surface area (Å²) >= 11 is 0. The molecule has 0 bridgehead atoms. The molecule has 2 heteroatoms. The Morgan fingerprint density at radius 2 is 1.79 bits per heavy atom. The molecule has 0 aliphatic heterocycles. The zero-order valence-corrected chi connectivity index (χ0v) is 8.45. The van der Waals surface area contributed by atoms with E-state index in [1.54, 1.807) is 0 Å². The van der Waals surface area contributed by atoms with Gasteiger partial charge in [0.05, 0.1) is 0 Å². The van der Waals surface area contributed by atoms with Gasteiger partial charge in [-0.3, -0.25) is 0 Å². The Bertz CT molecular complexity index is 303. The summed E-state index contributed by atoms with van der Waals surface area (Å²) in [4.78, 5) is 0. The number of anilines is 1. The first kappa shape index (κ1) is 9.53. The van der Waals surface area contributed by atoms with Crippen LogP contribution in [-0.4, -0.2) is 0 Å². The molecule has 1 aliphatic rings. The van der Waals surface area contributed by atoms with Gasteiger partial charge in [-0.15, -0.1) is 0 Å². The minimum atomic E-state index is 0.138. The van der Waals surface area contributed by atoms with Crippen LogP contribution < -0.4 is 11.5 Å². The van der Waals surface area contributed by atoms with Crippen LogP contribution in [0.1, 0.15) is 37.3 Å². The van der Waals surface area contributed by atoms with E-state index in [0.29, 0.717) is 5.92 Å². The third kappa shape index (κ3) is 1.75. The van der Waals surface area contributed by atoms with E-state index in [9.17, 15) is 0 Å². The third-order valence-electron chi connectivity index (χ3n) is 3.26. The Hall–Kier alpha value is -1.02. The molecular formula is C12H18N2. The maximum Gasteiger partial charge on any atom is 0.0362 e. The number of nitrogen functional groups attached to an aromatic ring is 1. The van der Waals surface area contributed by atoms with Crippen LogP contribution in [0.15, 0.2) is 24.3 Å². The Morgan fingerprint density at radius 1 is 1.14 bits per heavy atom. The van der Waals surface area contributed by atoms with Crippen molar-refractivity contribution in [3.8, 4) is 0 Å². The summed E-state index contributed by atoms with van der Waals surface area (Å²) in [6, 6.07) is 8.10. The van der Waals surface area contributed by atoms with Gasteiger partial charge in [-0.1, -0.05) is 31.0 Å². The molecule has 1 saturated carbocycles. The predicted octanol–water partition coefficient (Wildman–Crippen LogP) is 2.46. The van der Waals surface area contributed by atoms with Crippen molar-refractivity contribution in [2.24, 2.45) is 11.7 Å². The van der Waals surface area contributed by atoms with E-state index in [0.717, 1.165) is 11.3 Å². The molecule has 1 fully saturated rings. The highest BCUT2D eigenvalue weighted by atomic mass is 14.7. The molecule has 1 aliphatic carbocycles. The maximum absolute atomic E-state index is 6.22. The molecule has 0 radical (unpaired) electrons. The fourth-order valence-electron chi connectivity index (χ4n) is 2.38. The molecule has 0 saturated heterocycles. The highest BCUT2D eigenvalue weighted by Crippen LogP contribution is 2.35. The van der Waals surface area contributed by atoms with Gasteiger partial charge in [-0.05, 0) is 30.4 Å². The number of benzene rings is 1. The first-order chi connectivity index (χ1) is 6.79. The van der Waals surface area contributed by atoms with Crippen molar-refractivity contribution in [1.29, 1.82) is 0 Å². The molecule has 2 rings (SSSR count). The number of para-hydroxylation sites is 1. The first-order valence-corrected chi connectivity index (χ1v) is 5.39. The van der Waals surface area contributed by atoms with Crippen molar-refractivity contribution >= 4 is 5.69 Å². The van der Waals surface area contributed by atoms with Crippen molar-refractivity contribution in [3.63, 3.8) is 0 Å². The van der Waals surface area contributed by atoms with Crippen LogP contribution in [0.2, 0.25) is 0 Å². The summed E-state index contributed by atoms with van der Waals surface area (Å²) < 4.78 is 0. The second kappa shape index (κ2) is 4.01. The maximum atomic E-state index is 6.22. The normalized spacial score (nSPS) is 19.8. The number of hydrogen-bond acceptors (Lipinski definition) is 2. The van der Waals surface area contributed by atoms with Gasteiger partial charge in [0, 0.05) is 11.7 Å². The molecular weight excluding hydrogens is 172 g/mol. The van der Waals surface area contributed by atoms with E-state index in [-0.39, 0.29) is 6.04 Å². The highest BCUT2D eigenvalue weighted by molar-refractivity contribution is 5.48. The lowest BCUT2D eigenvalue weighted by molar-refractivity contribution is 0.446. The van der Waals surface area contributed by atoms with E-state index < -0.39 is 0 Å². The third-order valence-corrected chi connectivity index (χ3v) is 3.26. The molecule has 1 aromatic rings. The second-order valence-corrected chi connectivity index (χ2v) is 4.20. The van der Waals surface area contributed by atoms with Gasteiger partial charge in [0.15, 0.2) is 0 Å². The van der Waals surface area contributed by atoms with E-state index in [1.807, 2.05) is 18.2 Å². The van der Waals surface area contributed by atoms with E-state index in [4.69, 9.17) is 11.5 Å². The van der Waals surface area contributed by atoms with Gasteiger partial charge in [-0.2, -0.15) is 0 Å². The zero-order chi connectivity index (χ0) is 9.97. The largest absolute Gasteiger partial charge is 0.398 e. The van der Waals surface area contributed by atoms with E-state index >= 15 is 0 Å². The minimum absolute atomic E-state index is 0.138. The average Bonchev–Trinajstić information content (AvgIpc) is 2.70. The van der Waals surface area contributed by atoms with Crippen molar-refractivity contribution in [2.75, 3.05) is 5.73 Å². The van der Waals surface area contributed by atoms with Crippen LogP contribution >= 0.6 is 0 Å². The smallest absolute Gasteiger partial charge is 0.0362 e. The molecule has 14 heavy (non-hydrogen) atoms. The summed E-state index contributed by atoms with van der Waals surface area (Å²) in [6.45, 7) is 0. The lowest BCUT2D eigenvalue weighted by Crippen LogP contribution is -2.20. The van der Waals surface area contributed by atoms with Crippen LogP contribution in [-0.2, 0) is 0 Å². The summed E-state index contributed by atoms with van der Waals surface area (Å²) in [5.41, 5.74) is 14.1. The van der Waals surface area contributed by atoms with Gasteiger partial charge in [0.1, 0.15) is 0 Å². The molecule has 76 valence electrons. The lowest BCUT2D eigenvalue weighted by atomic mass is 9.91. The monoisotopic (exact) mass is 190 g/mol. The first-order valence-electron chi connectivity index (χ1n) is 5.39. The molecule has 1 unspecified atom stereocenters. The van der Waals surface area contributed by atoms with Crippen molar-refractivity contribution in [3.05, 3.63) is 29.8 Å². The SMILES string of the molecule is Nc1ccccc1C(N)C1CCCC1. The predicted molar refractivity (Wildman–Crippen MR) is 59.7 cm³/mol. The molecule has 0 aromatic heterocycles. The molecule has 4 N–H and O–H groups in total. The van der Waals surface area contributed by atoms with Crippen molar-refractivity contribution in [2.45, 2.75) is 31.7 Å². The van der Waals surface area contributed by atoms with E-state index in [1.165, 1.54) is 25.7 Å². The Kier molecular flexibility index (Phi) is 2.73. The number of hydrogen-bond donors (Lipinski definition) is 2. The highest BCUT2D eigenvalue weighted by Gasteiger charge is 2.24. The fraction of sp³-hybridized carbons (Fsp3) is 0.500. The van der Waals surface area contributed by atoms with Crippen molar-refractivity contribution < 1.29 is 0 Å². The quantitative estimate of drug-likeness (QED) is 0.704. The van der Waals surface area contributed by atoms with Gasteiger partial charge in [-0.25, -0.2) is 0 Å². The minimum Gasteiger partial charge on any atom is -0.398 e. The van der Waals surface area contributed by atoms with Gasteiger partial charge in [0.2, 0.25) is 0 Å². The molecule has 0 spiro atoms. The van der Waals surface area contributed by atoms with E-state index in [2.05, 4.69) is 6.07 Å². The topological polar surface area (TPSA) is 52.0 Å². The standard InChI is InChI=1S/C12H18N2/c13-11-8-4-3-7-10(11)12(14)9-5-1-2-6-9/h3-4,7-9,12H,1-2,5-6,13-14H2. The summed E-state index contributed by atoms with van der Waals surface area (Å²) in [7, 11) is 0. The average molecular weight is 190 g/mol. The Balaban J connectivity index is 2.17. The Morgan fingerprint density at radius 3 is 2.43 bits per heavy atom. The molecule has 1 atom stereocenters. The Labute approximate surface area is 85.3 Å². The van der Waals surface area contributed by atoms with Crippen molar-refractivity contribution in [1.82, 2.24) is 0 Å². The summed E-state index contributed by atoms with van der Waals surface area (Å²) in [6.07, 6.45) is 5.17. The molecule has 0 heterocycles. The second-order valence-electron chi connectivity index (χ2n) is 4.20. The summed E-state index contributed by atoms with van der Waals surface area (Å²) in [5, 5.41) is 0. The zero-order valence-electron chi connectivity index (χ0n) is 8.45. The van der Waals surface area contributed by atoms with Crippen LogP contribution in [0.4, 0.5) is 5.69 Å². The van der Waals surface area contributed by atoms with Crippen LogP contribution in [0.25, 0.3) is 0 Å². The van der Waals surface area contributed by atoms with Crippen LogP contribution in [0, 0.1) is 5.92 Å². The lowest BCUT2D eigenvalue weighted by Gasteiger charge is -2.20. The molecule has 1 aromatic carbocycles.